The Bertz CT molecular complexity index is 380. The second kappa shape index (κ2) is 5.28. The Balaban J connectivity index is 2.70. The Labute approximate surface area is 97.8 Å². The van der Waals surface area contributed by atoms with Crippen LogP contribution in [0.1, 0.15) is 43.6 Å². The van der Waals surface area contributed by atoms with Gasteiger partial charge in [0, 0.05) is 31.1 Å². The van der Waals surface area contributed by atoms with Gasteiger partial charge in [-0.3, -0.25) is 9.48 Å². The van der Waals surface area contributed by atoms with Gasteiger partial charge in [-0.2, -0.15) is 5.10 Å². The van der Waals surface area contributed by atoms with Crippen molar-refractivity contribution >= 4 is 5.78 Å². The molecule has 1 atom stereocenters. The van der Waals surface area contributed by atoms with Gasteiger partial charge in [0.1, 0.15) is 5.78 Å². The molecule has 0 aliphatic heterocycles. The summed E-state index contributed by atoms with van der Waals surface area (Å²) in [6.07, 6.45) is 2.29. The van der Waals surface area contributed by atoms with E-state index >= 15 is 0 Å². The molecular formula is C13H22N2O. The van der Waals surface area contributed by atoms with Crippen molar-refractivity contribution in [2.45, 2.75) is 47.0 Å². The van der Waals surface area contributed by atoms with Crippen molar-refractivity contribution in [3.8, 4) is 0 Å². The summed E-state index contributed by atoms with van der Waals surface area (Å²) in [6, 6.07) is 0. The van der Waals surface area contributed by atoms with E-state index < -0.39 is 0 Å². The maximum atomic E-state index is 11.9. The van der Waals surface area contributed by atoms with E-state index in [9.17, 15) is 4.79 Å². The van der Waals surface area contributed by atoms with Gasteiger partial charge >= 0.3 is 0 Å². The molecule has 1 heterocycles. The maximum absolute atomic E-state index is 11.9. The van der Waals surface area contributed by atoms with Gasteiger partial charge < -0.3 is 0 Å². The largest absolute Gasteiger partial charge is 0.299 e. The predicted octanol–water partition coefficient (Wildman–Crippen LogP) is 2.58. The Hall–Kier alpha value is -1.12. The number of ketones is 1. The van der Waals surface area contributed by atoms with E-state index in [-0.39, 0.29) is 0 Å². The van der Waals surface area contributed by atoms with Gasteiger partial charge in [-0.05, 0) is 19.8 Å². The van der Waals surface area contributed by atoms with Crippen LogP contribution in [-0.4, -0.2) is 15.6 Å². The van der Waals surface area contributed by atoms with E-state index in [1.165, 1.54) is 0 Å². The molecule has 1 aromatic rings. The van der Waals surface area contributed by atoms with Crippen LogP contribution in [0.3, 0.4) is 0 Å². The van der Waals surface area contributed by atoms with Crippen LogP contribution < -0.4 is 0 Å². The van der Waals surface area contributed by atoms with E-state index in [4.69, 9.17) is 0 Å². The highest BCUT2D eigenvalue weighted by molar-refractivity contribution is 5.81. The predicted molar refractivity (Wildman–Crippen MR) is 65.5 cm³/mol. The Morgan fingerprint density at radius 3 is 2.50 bits per heavy atom. The molecule has 0 aromatic carbocycles. The van der Waals surface area contributed by atoms with Crippen molar-refractivity contribution in [3.63, 3.8) is 0 Å². The van der Waals surface area contributed by atoms with Crippen LogP contribution in [0, 0.1) is 19.8 Å². The van der Waals surface area contributed by atoms with Crippen molar-refractivity contribution in [1.29, 1.82) is 0 Å². The van der Waals surface area contributed by atoms with Gasteiger partial charge in [-0.1, -0.05) is 20.3 Å². The summed E-state index contributed by atoms with van der Waals surface area (Å²) in [5.74, 6) is 0.818. The molecule has 0 N–H and O–H groups in total. The maximum Gasteiger partial charge on any atom is 0.137 e. The van der Waals surface area contributed by atoms with Crippen LogP contribution in [0.4, 0.5) is 0 Å². The molecule has 0 fully saturated rings. The number of hydrogen-bond donors (Lipinski definition) is 0. The van der Waals surface area contributed by atoms with Crippen molar-refractivity contribution < 1.29 is 4.79 Å². The summed E-state index contributed by atoms with van der Waals surface area (Å²) in [5, 5.41) is 4.33. The van der Waals surface area contributed by atoms with E-state index in [1.807, 2.05) is 25.6 Å². The molecule has 0 amide bonds. The highest BCUT2D eigenvalue weighted by Crippen LogP contribution is 2.15. The third-order valence-corrected chi connectivity index (χ3v) is 3.31. The number of Topliss-reactive ketones (excluding diaryl/α,β-unsaturated/α-hetero) is 1. The second-order valence-corrected chi connectivity index (χ2v) is 4.71. The summed E-state index contributed by atoms with van der Waals surface area (Å²) in [4.78, 5) is 11.9. The normalized spacial score (nSPS) is 12.8. The summed E-state index contributed by atoms with van der Waals surface area (Å²) < 4.78 is 1.85. The summed E-state index contributed by atoms with van der Waals surface area (Å²) in [6.45, 7) is 8.24. The average Bonchev–Trinajstić information content (AvgIpc) is 2.45. The molecule has 1 aromatic heterocycles. The molecule has 0 radical (unpaired) electrons. The lowest BCUT2D eigenvalue weighted by atomic mass is 9.97. The first-order valence-electron chi connectivity index (χ1n) is 5.96. The molecule has 1 rings (SSSR count). The first kappa shape index (κ1) is 12.9. The van der Waals surface area contributed by atoms with Crippen LogP contribution in [0.15, 0.2) is 0 Å². The second-order valence-electron chi connectivity index (χ2n) is 4.71. The molecule has 0 saturated carbocycles. The smallest absolute Gasteiger partial charge is 0.137 e. The number of carbonyl (C=O) groups is 1. The van der Waals surface area contributed by atoms with Crippen LogP contribution in [0.5, 0.6) is 0 Å². The molecular weight excluding hydrogens is 200 g/mol. The average molecular weight is 222 g/mol. The number of aromatic nitrogens is 2. The molecule has 0 aliphatic carbocycles. The molecule has 0 bridgehead atoms. The lowest BCUT2D eigenvalue weighted by Crippen LogP contribution is -2.09. The lowest BCUT2D eigenvalue weighted by Gasteiger charge is -2.07. The number of hydrogen-bond acceptors (Lipinski definition) is 2. The van der Waals surface area contributed by atoms with Gasteiger partial charge in [-0.15, -0.1) is 0 Å². The Morgan fingerprint density at radius 2 is 2.06 bits per heavy atom. The van der Waals surface area contributed by atoms with E-state index in [1.54, 1.807) is 0 Å². The van der Waals surface area contributed by atoms with Crippen molar-refractivity contribution in [3.05, 3.63) is 17.0 Å². The molecule has 1 unspecified atom stereocenters. The van der Waals surface area contributed by atoms with Gasteiger partial charge in [0.2, 0.25) is 0 Å². The summed E-state index contributed by atoms with van der Waals surface area (Å²) in [7, 11) is 1.92. The fraction of sp³-hybridized carbons (Fsp3) is 0.692. The fourth-order valence-electron chi connectivity index (χ4n) is 1.88. The lowest BCUT2D eigenvalue weighted by molar-refractivity contribution is -0.119. The van der Waals surface area contributed by atoms with Crippen LogP contribution in [0.2, 0.25) is 0 Å². The summed E-state index contributed by atoms with van der Waals surface area (Å²) >= 11 is 0. The zero-order valence-electron chi connectivity index (χ0n) is 11.0. The van der Waals surface area contributed by atoms with E-state index in [0.29, 0.717) is 24.5 Å². The third-order valence-electron chi connectivity index (χ3n) is 3.31. The quantitative estimate of drug-likeness (QED) is 0.767. The summed E-state index contributed by atoms with van der Waals surface area (Å²) in [5.41, 5.74) is 3.20. The molecule has 0 spiro atoms. The number of rotatable bonds is 5. The zero-order chi connectivity index (χ0) is 12.3. The standard InChI is InChI=1S/C13H22N2O/c1-6-9(2)7-12(16)8-13-10(3)14-15(5)11(13)4/h9H,6-8H2,1-5H3. The minimum atomic E-state index is 0.327. The van der Waals surface area contributed by atoms with Gasteiger partial charge in [0.05, 0.1) is 5.69 Å². The fourth-order valence-corrected chi connectivity index (χ4v) is 1.88. The Kier molecular flexibility index (Phi) is 4.27. The molecule has 3 heteroatoms. The van der Waals surface area contributed by atoms with Gasteiger partial charge in [-0.25, -0.2) is 0 Å². The number of nitrogens with zero attached hydrogens (tertiary/aromatic N) is 2. The molecule has 0 saturated heterocycles. The topological polar surface area (TPSA) is 34.9 Å². The number of carbonyl (C=O) groups excluding carboxylic acids is 1. The molecule has 90 valence electrons. The van der Waals surface area contributed by atoms with Crippen molar-refractivity contribution in [2.24, 2.45) is 13.0 Å². The zero-order valence-corrected chi connectivity index (χ0v) is 11.0. The molecule has 3 nitrogen and oxygen atoms in total. The van der Waals surface area contributed by atoms with Crippen LogP contribution in [0.25, 0.3) is 0 Å². The monoisotopic (exact) mass is 222 g/mol. The van der Waals surface area contributed by atoms with Crippen molar-refractivity contribution in [1.82, 2.24) is 9.78 Å². The van der Waals surface area contributed by atoms with Crippen LogP contribution >= 0.6 is 0 Å². The van der Waals surface area contributed by atoms with E-state index in [2.05, 4.69) is 18.9 Å². The SMILES string of the molecule is CCC(C)CC(=O)Cc1c(C)nn(C)c1C. The highest BCUT2D eigenvalue weighted by atomic mass is 16.1. The van der Waals surface area contributed by atoms with Gasteiger partial charge in [0.25, 0.3) is 0 Å². The van der Waals surface area contributed by atoms with E-state index in [0.717, 1.165) is 23.4 Å². The Morgan fingerprint density at radius 1 is 1.44 bits per heavy atom. The van der Waals surface area contributed by atoms with Crippen molar-refractivity contribution in [2.75, 3.05) is 0 Å². The first-order valence-corrected chi connectivity index (χ1v) is 5.96. The first-order chi connectivity index (χ1) is 7.45. The minimum Gasteiger partial charge on any atom is -0.299 e. The molecule has 0 aliphatic rings. The minimum absolute atomic E-state index is 0.327. The third kappa shape index (κ3) is 2.94. The number of aryl methyl sites for hydroxylation is 2. The van der Waals surface area contributed by atoms with Crippen LogP contribution in [-0.2, 0) is 18.3 Å². The molecule has 16 heavy (non-hydrogen) atoms. The van der Waals surface area contributed by atoms with Gasteiger partial charge in [0.15, 0.2) is 0 Å². The highest BCUT2D eigenvalue weighted by Gasteiger charge is 2.14.